The first-order valence-electron chi connectivity index (χ1n) is 8.67. The van der Waals surface area contributed by atoms with Crippen LogP contribution in [0.15, 0.2) is 24.3 Å². The highest BCUT2D eigenvalue weighted by Crippen LogP contribution is 2.30. The molecule has 24 heavy (non-hydrogen) atoms. The van der Waals surface area contributed by atoms with Gasteiger partial charge in [0.1, 0.15) is 5.60 Å². The second kappa shape index (κ2) is 6.44. The van der Waals surface area contributed by atoms with Crippen LogP contribution in [0.25, 0.3) is 0 Å². The smallest absolute Gasteiger partial charge is 0.251 e. The van der Waals surface area contributed by atoms with Crippen LogP contribution in [0.2, 0.25) is 0 Å². The Kier molecular flexibility index (Phi) is 4.30. The third-order valence-corrected chi connectivity index (χ3v) is 5.38. The first kappa shape index (κ1) is 16.0. The van der Waals surface area contributed by atoms with Crippen molar-refractivity contribution in [3.63, 3.8) is 0 Å². The van der Waals surface area contributed by atoms with Crippen LogP contribution >= 0.6 is 0 Å². The SMILES string of the molecule is O=C(NC1CC(N2CCOCC2)C1)c1ccc(C2(O)COC2)cc1. The van der Waals surface area contributed by atoms with Crippen molar-refractivity contribution in [3.05, 3.63) is 35.4 Å². The van der Waals surface area contributed by atoms with Gasteiger partial charge in [0.15, 0.2) is 0 Å². The van der Waals surface area contributed by atoms with E-state index in [2.05, 4.69) is 10.2 Å². The van der Waals surface area contributed by atoms with Gasteiger partial charge in [-0.1, -0.05) is 12.1 Å². The Morgan fingerprint density at radius 2 is 1.79 bits per heavy atom. The molecule has 3 fully saturated rings. The molecule has 1 aromatic carbocycles. The third kappa shape index (κ3) is 3.07. The predicted octanol–water partition coefficient (Wildman–Crippen LogP) is 0.497. The fraction of sp³-hybridized carbons (Fsp3) is 0.611. The minimum absolute atomic E-state index is 0.0381. The van der Waals surface area contributed by atoms with Crippen molar-refractivity contribution >= 4 is 5.91 Å². The molecule has 0 unspecified atom stereocenters. The number of amides is 1. The minimum atomic E-state index is -0.881. The molecular formula is C18H24N2O4. The number of ether oxygens (including phenoxy) is 2. The van der Waals surface area contributed by atoms with Gasteiger partial charge in [0.2, 0.25) is 0 Å². The van der Waals surface area contributed by atoms with Crippen LogP contribution in [0.1, 0.15) is 28.8 Å². The molecule has 1 aromatic rings. The maximum Gasteiger partial charge on any atom is 0.251 e. The molecule has 0 atom stereocenters. The monoisotopic (exact) mass is 332 g/mol. The van der Waals surface area contributed by atoms with E-state index in [4.69, 9.17) is 9.47 Å². The lowest BCUT2D eigenvalue weighted by molar-refractivity contribution is -0.184. The first-order valence-corrected chi connectivity index (χ1v) is 8.67. The van der Waals surface area contributed by atoms with Crippen molar-refractivity contribution in [2.75, 3.05) is 39.5 Å². The molecule has 130 valence electrons. The number of hydrogen-bond acceptors (Lipinski definition) is 5. The molecule has 1 amide bonds. The fourth-order valence-corrected chi connectivity index (χ4v) is 3.61. The maximum absolute atomic E-state index is 12.3. The second-order valence-electron chi connectivity index (χ2n) is 7.05. The number of carbonyl (C=O) groups excluding carboxylic acids is 1. The van der Waals surface area contributed by atoms with Crippen molar-refractivity contribution in [2.24, 2.45) is 0 Å². The number of aliphatic hydroxyl groups is 1. The molecular weight excluding hydrogens is 308 g/mol. The summed E-state index contributed by atoms with van der Waals surface area (Å²) in [7, 11) is 0. The van der Waals surface area contributed by atoms with Crippen LogP contribution in [0.3, 0.4) is 0 Å². The number of nitrogens with zero attached hydrogens (tertiary/aromatic N) is 1. The summed E-state index contributed by atoms with van der Waals surface area (Å²) in [6.45, 7) is 4.28. The molecule has 2 saturated heterocycles. The zero-order valence-corrected chi connectivity index (χ0v) is 13.7. The average molecular weight is 332 g/mol. The minimum Gasteiger partial charge on any atom is -0.380 e. The lowest BCUT2D eigenvalue weighted by Crippen LogP contribution is -2.56. The summed E-state index contributed by atoms with van der Waals surface area (Å²) in [5.41, 5.74) is 0.563. The summed E-state index contributed by atoms with van der Waals surface area (Å²) in [6.07, 6.45) is 2.03. The van der Waals surface area contributed by atoms with Gasteiger partial charge >= 0.3 is 0 Å². The van der Waals surface area contributed by atoms with E-state index >= 15 is 0 Å². The molecule has 2 N–H and O–H groups in total. The summed E-state index contributed by atoms with van der Waals surface area (Å²) < 4.78 is 10.4. The van der Waals surface area contributed by atoms with Crippen LogP contribution in [-0.4, -0.2) is 67.5 Å². The van der Waals surface area contributed by atoms with Gasteiger partial charge in [-0.05, 0) is 30.5 Å². The van der Waals surface area contributed by atoms with Gasteiger partial charge in [0.25, 0.3) is 5.91 Å². The number of rotatable bonds is 4. The molecule has 6 nitrogen and oxygen atoms in total. The van der Waals surface area contributed by atoms with E-state index in [1.165, 1.54) is 0 Å². The molecule has 1 aliphatic carbocycles. The van der Waals surface area contributed by atoms with Crippen molar-refractivity contribution < 1.29 is 19.4 Å². The van der Waals surface area contributed by atoms with Gasteiger partial charge < -0.3 is 19.9 Å². The van der Waals surface area contributed by atoms with Gasteiger partial charge in [-0.2, -0.15) is 0 Å². The molecule has 2 aliphatic heterocycles. The quantitative estimate of drug-likeness (QED) is 0.840. The Morgan fingerprint density at radius 1 is 1.12 bits per heavy atom. The molecule has 3 aliphatic rings. The lowest BCUT2D eigenvalue weighted by Gasteiger charge is -2.44. The number of carbonyl (C=O) groups is 1. The zero-order chi connectivity index (χ0) is 16.6. The van der Waals surface area contributed by atoms with Crippen LogP contribution in [0.4, 0.5) is 0 Å². The van der Waals surface area contributed by atoms with Gasteiger partial charge in [0, 0.05) is 30.7 Å². The van der Waals surface area contributed by atoms with E-state index in [1.54, 1.807) is 12.1 Å². The summed E-state index contributed by atoms with van der Waals surface area (Å²) in [6, 6.07) is 8.02. The summed E-state index contributed by atoms with van der Waals surface area (Å²) in [5.74, 6) is -0.0381. The highest BCUT2D eigenvalue weighted by atomic mass is 16.5. The zero-order valence-electron chi connectivity index (χ0n) is 13.7. The van der Waals surface area contributed by atoms with E-state index < -0.39 is 5.60 Å². The Bertz CT molecular complexity index is 588. The van der Waals surface area contributed by atoms with Crippen molar-refractivity contribution in [1.29, 1.82) is 0 Å². The van der Waals surface area contributed by atoms with E-state index in [0.29, 0.717) is 24.8 Å². The molecule has 0 radical (unpaired) electrons. The fourth-order valence-electron chi connectivity index (χ4n) is 3.61. The number of morpholine rings is 1. The van der Waals surface area contributed by atoms with Crippen LogP contribution in [0, 0.1) is 0 Å². The van der Waals surface area contributed by atoms with Gasteiger partial charge in [-0.25, -0.2) is 0 Å². The molecule has 0 bridgehead atoms. The first-order chi connectivity index (χ1) is 11.6. The highest BCUT2D eigenvalue weighted by molar-refractivity contribution is 5.94. The molecule has 0 aromatic heterocycles. The van der Waals surface area contributed by atoms with Crippen molar-refractivity contribution in [1.82, 2.24) is 10.2 Å². The standard InChI is InChI=1S/C18H24N2O4/c21-17(13-1-3-14(4-2-13)18(22)11-24-12-18)19-15-9-16(10-15)20-5-7-23-8-6-20/h1-4,15-16,22H,5-12H2,(H,19,21). The molecule has 4 rings (SSSR count). The van der Waals surface area contributed by atoms with Gasteiger partial charge in [-0.3, -0.25) is 9.69 Å². The summed E-state index contributed by atoms with van der Waals surface area (Å²) in [4.78, 5) is 14.8. The number of hydrogen-bond donors (Lipinski definition) is 2. The third-order valence-electron chi connectivity index (χ3n) is 5.38. The van der Waals surface area contributed by atoms with Crippen molar-refractivity contribution in [3.8, 4) is 0 Å². The molecule has 2 heterocycles. The number of benzene rings is 1. The second-order valence-corrected chi connectivity index (χ2v) is 7.05. The normalized spacial score (nSPS) is 29.4. The lowest BCUT2D eigenvalue weighted by atomic mass is 9.85. The van der Waals surface area contributed by atoms with E-state index in [-0.39, 0.29) is 11.9 Å². The predicted molar refractivity (Wildman–Crippen MR) is 87.8 cm³/mol. The van der Waals surface area contributed by atoms with Gasteiger partial charge in [0.05, 0.1) is 26.4 Å². The maximum atomic E-state index is 12.3. The van der Waals surface area contributed by atoms with Crippen molar-refractivity contribution in [2.45, 2.75) is 30.5 Å². The highest BCUT2D eigenvalue weighted by Gasteiger charge is 2.38. The summed E-state index contributed by atoms with van der Waals surface area (Å²) >= 11 is 0. The largest absolute Gasteiger partial charge is 0.380 e. The van der Waals surface area contributed by atoms with E-state index in [1.807, 2.05) is 12.1 Å². The van der Waals surface area contributed by atoms with E-state index in [9.17, 15) is 9.90 Å². The number of nitrogens with one attached hydrogen (secondary N) is 1. The topological polar surface area (TPSA) is 71.0 Å². The molecule has 0 spiro atoms. The van der Waals surface area contributed by atoms with Crippen LogP contribution in [-0.2, 0) is 15.1 Å². The Labute approximate surface area is 141 Å². The Hall–Kier alpha value is -1.47. The molecule has 1 saturated carbocycles. The van der Waals surface area contributed by atoms with Crippen LogP contribution in [0.5, 0.6) is 0 Å². The van der Waals surface area contributed by atoms with E-state index in [0.717, 1.165) is 44.7 Å². The summed E-state index contributed by atoms with van der Waals surface area (Å²) in [5, 5.41) is 13.3. The molecule has 6 heteroatoms. The average Bonchev–Trinajstić information content (AvgIpc) is 2.56. The van der Waals surface area contributed by atoms with Gasteiger partial charge in [-0.15, -0.1) is 0 Å². The Morgan fingerprint density at radius 3 is 2.38 bits per heavy atom. The van der Waals surface area contributed by atoms with Crippen LogP contribution < -0.4 is 5.32 Å². The Balaban J connectivity index is 1.28.